The van der Waals surface area contributed by atoms with E-state index in [-0.39, 0.29) is 27.5 Å². The van der Waals surface area contributed by atoms with Gasteiger partial charge in [0, 0.05) is 5.75 Å². The van der Waals surface area contributed by atoms with Crippen molar-refractivity contribution in [1.29, 1.82) is 0 Å². The van der Waals surface area contributed by atoms with Gasteiger partial charge in [0.1, 0.15) is 5.52 Å². The highest BCUT2D eigenvalue weighted by atomic mass is 32.2. The van der Waals surface area contributed by atoms with Crippen LogP contribution in [0.5, 0.6) is 0 Å². The molecule has 0 spiro atoms. The van der Waals surface area contributed by atoms with Crippen LogP contribution in [0.15, 0.2) is 98.4 Å². The van der Waals surface area contributed by atoms with Crippen LogP contribution in [0.1, 0.15) is 26.3 Å². The van der Waals surface area contributed by atoms with Gasteiger partial charge < -0.3 is 4.42 Å². The van der Waals surface area contributed by atoms with E-state index in [1.807, 2.05) is 19.1 Å². The maximum Gasteiger partial charge on any atom is 0.280 e. The highest BCUT2D eigenvalue weighted by Gasteiger charge is 2.36. The predicted octanol–water partition coefficient (Wildman–Crippen LogP) is 4.34. The maximum atomic E-state index is 13.1. The number of para-hydroxylation sites is 2. The van der Waals surface area contributed by atoms with E-state index < -0.39 is 21.7 Å². The third kappa shape index (κ3) is 4.58. The summed E-state index contributed by atoms with van der Waals surface area (Å²) >= 11 is 1.14. The van der Waals surface area contributed by atoms with Crippen molar-refractivity contribution in [3.8, 4) is 0 Å². The Kier molecular flexibility index (Phi) is 5.91. The van der Waals surface area contributed by atoms with Crippen molar-refractivity contribution in [2.75, 3.05) is 5.75 Å². The number of fused-ring (bicyclic) bond motifs is 2. The van der Waals surface area contributed by atoms with Crippen LogP contribution >= 0.6 is 11.8 Å². The summed E-state index contributed by atoms with van der Waals surface area (Å²) in [5.41, 5.74) is 5.53. The van der Waals surface area contributed by atoms with Gasteiger partial charge in [-0.1, -0.05) is 53.7 Å². The van der Waals surface area contributed by atoms with Crippen LogP contribution in [0, 0.1) is 6.92 Å². The Balaban J connectivity index is 1.46. The maximum absolute atomic E-state index is 13.1. The minimum Gasteiger partial charge on any atom is -0.431 e. The molecule has 5 rings (SSSR count). The summed E-state index contributed by atoms with van der Waals surface area (Å²) in [6.07, 6.45) is 0. The molecule has 0 atom stereocenters. The van der Waals surface area contributed by atoms with E-state index in [2.05, 4.69) is 10.4 Å². The van der Waals surface area contributed by atoms with Crippen molar-refractivity contribution in [1.82, 2.24) is 15.4 Å². The number of thioether (sulfide) groups is 1. The number of sulfone groups is 1. The van der Waals surface area contributed by atoms with Gasteiger partial charge >= 0.3 is 0 Å². The average Bonchev–Trinajstić information content (AvgIpc) is 3.37. The SMILES string of the molecule is Cc1ccc(S(=O)(=O)C=C(CSc2nc3ccccc3o2)NN2C(=O)c3ccccc3C2=O)cc1. The van der Waals surface area contributed by atoms with Gasteiger partial charge in [-0.05, 0) is 43.3 Å². The fraction of sp³-hybridized carbons (Fsp3) is 0.0800. The fourth-order valence-electron chi connectivity index (χ4n) is 3.56. The third-order valence-electron chi connectivity index (χ3n) is 5.32. The van der Waals surface area contributed by atoms with Gasteiger partial charge in [-0.15, -0.1) is 0 Å². The number of amides is 2. The minimum absolute atomic E-state index is 0.0469. The minimum atomic E-state index is -3.89. The second-order valence-electron chi connectivity index (χ2n) is 7.84. The summed E-state index contributed by atoms with van der Waals surface area (Å²) < 4.78 is 31.9. The van der Waals surface area contributed by atoms with E-state index in [9.17, 15) is 18.0 Å². The lowest BCUT2D eigenvalue weighted by molar-refractivity contribution is 0.0591. The molecule has 0 aliphatic carbocycles. The van der Waals surface area contributed by atoms with E-state index >= 15 is 0 Å². The van der Waals surface area contributed by atoms with Crippen LogP contribution in [-0.2, 0) is 9.84 Å². The normalized spacial score (nSPS) is 14.0. The Morgan fingerprint density at radius 1 is 0.971 bits per heavy atom. The van der Waals surface area contributed by atoms with Gasteiger partial charge in [0.2, 0.25) is 9.84 Å². The van der Waals surface area contributed by atoms with E-state index in [0.29, 0.717) is 16.3 Å². The number of nitrogens with zero attached hydrogens (tertiary/aromatic N) is 2. The molecule has 4 aromatic rings. The number of carbonyl (C=O) groups is 2. The molecule has 0 saturated carbocycles. The molecule has 8 nitrogen and oxygen atoms in total. The smallest absolute Gasteiger partial charge is 0.280 e. The summed E-state index contributed by atoms with van der Waals surface area (Å²) in [5.74, 6) is -1.07. The van der Waals surface area contributed by atoms with Crippen molar-refractivity contribution < 1.29 is 22.4 Å². The van der Waals surface area contributed by atoms with E-state index in [0.717, 1.165) is 27.7 Å². The van der Waals surface area contributed by atoms with Crippen LogP contribution in [0.3, 0.4) is 0 Å². The molecular weight excluding hydrogens is 486 g/mol. The number of hydrogen-bond donors (Lipinski definition) is 1. The molecule has 0 saturated heterocycles. The van der Waals surface area contributed by atoms with Crippen LogP contribution < -0.4 is 5.43 Å². The van der Waals surface area contributed by atoms with Crippen LogP contribution in [-0.4, -0.2) is 36.0 Å². The number of aromatic nitrogens is 1. The number of rotatable bonds is 7. The Labute approximate surface area is 205 Å². The van der Waals surface area contributed by atoms with Crippen molar-refractivity contribution in [2.24, 2.45) is 0 Å². The second-order valence-corrected chi connectivity index (χ2v) is 10.6. The Morgan fingerprint density at radius 2 is 1.60 bits per heavy atom. The first kappa shape index (κ1) is 22.9. The largest absolute Gasteiger partial charge is 0.431 e. The zero-order valence-corrected chi connectivity index (χ0v) is 20.1. The average molecular weight is 506 g/mol. The number of hydrogen-bond acceptors (Lipinski definition) is 8. The van der Waals surface area contributed by atoms with E-state index in [4.69, 9.17) is 4.42 Å². The zero-order valence-electron chi connectivity index (χ0n) is 18.5. The molecule has 35 heavy (non-hydrogen) atoms. The second kappa shape index (κ2) is 9.05. The Hall–Kier alpha value is -3.89. The standard InChI is InChI=1S/C25H19N3O5S2/c1-16-10-12-18(13-11-16)35(31,32)15-17(14-34-25-26-21-8-4-5-9-22(21)33-25)27-28-23(29)19-6-2-3-7-20(19)24(28)30/h2-13,15,27H,14H2,1H3. The summed E-state index contributed by atoms with van der Waals surface area (Å²) in [7, 11) is -3.89. The van der Waals surface area contributed by atoms with Crippen LogP contribution in [0.25, 0.3) is 11.1 Å². The van der Waals surface area contributed by atoms with Gasteiger partial charge in [-0.25, -0.2) is 13.4 Å². The summed E-state index contributed by atoms with van der Waals surface area (Å²) in [5, 5.41) is 2.18. The number of aryl methyl sites for hydroxylation is 1. The lowest BCUT2D eigenvalue weighted by Crippen LogP contribution is -2.42. The molecule has 1 N–H and O–H groups in total. The first-order valence-electron chi connectivity index (χ1n) is 10.6. The molecule has 2 heterocycles. The molecule has 0 radical (unpaired) electrons. The highest BCUT2D eigenvalue weighted by Crippen LogP contribution is 2.27. The van der Waals surface area contributed by atoms with Crippen molar-refractivity contribution in [3.63, 3.8) is 0 Å². The molecule has 10 heteroatoms. The molecule has 176 valence electrons. The molecule has 3 aromatic carbocycles. The number of hydrazine groups is 1. The molecule has 1 aliphatic heterocycles. The summed E-state index contributed by atoms with van der Waals surface area (Å²) in [4.78, 5) is 30.2. The highest BCUT2D eigenvalue weighted by molar-refractivity contribution is 7.99. The Morgan fingerprint density at radius 3 is 2.26 bits per heavy atom. The summed E-state index contributed by atoms with van der Waals surface area (Å²) in [6.45, 7) is 1.86. The molecule has 1 aliphatic rings. The van der Waals surface area contributed by atoms with E-state index in [1.54, 1.807) is 48.5 Å². The molecular formula is C25H19N3O5S2. The number of imide groups is 1. The number of nitrogens with one attached hydrogen (secondary N) is 1. The molecule has 0 bridgehead atoms. The molecule has 2 amide bonds. The molecule has 0 unspecified atom stereocenters. The van der Waals surface area contributed by atoms with Gasteiger partial charge in [0.05, 0.1) is 27.1 Å². The van der Waals surface area contributed by atoms with Crippen LogP contribution in [0.4, 0.5) is 0 Å². The lowest BCUT2D eigenvalue weighted by Gasteiger charge is -2.18. The first-order valence-corrected chi connectivity index (χ1v) is 13.1. The van der Waals surface area contributed by atoms with Gasteiger partial charge in [0.25, 0.3) is 17.0 Å². The molecule has 0 fully saturated rings. The lowest BCUT2D eigenvalue weighted by atomic mass is 10.1. The molecule has 1 aromatic heterocycles. The van der Waals surface area contributed by atoms with Gasteiger partial charge in [0.15, 0.2) is 5.58 Å². The zero-order chi connectivity index (χ0) is 24.6. The monoisotopic (exact) mass is 505 g/mol. The van der Waals surface area contributed by atoms with E-state index in [1.165, 1.54) is 12.1 Å². The van der Waals surface area contributed by atoms with Crippen LogP contribution in [0.2, 0.25) is 0 Å². The Bertz CT molecular complexity index is 1520. The fourth-order valence-corrected chi connectivity index (χ4v) is 5.57. The van der Waals surface area contributed by atoms with Gasteiger partial charge in [-0.2, -0.15) is 5.01 Å². The predicted molar refractivity (Wildman–Crippen MR) is 131 cm³/mol. The number of carbonyl (C=O) groups excluding carboxylic acids is 2. The third-order valence-corrected chi connectivity index (χ3v) is 7.72. The topological polar surface area (TPSA) is 110 Å². The summed E-state index contributed by atoms with van der Waals surface area (Å²) in [6, 6.07) is 20.1. The quantitative estimate of drug-likeness (QED) is 0.292. The first-order chi connectivity index (χ1) is 16.8. The van der Waals surface area contributed by atoms with Crippen molar-refractivity contribution in [3.05, 3.63) is 101 Å². The number of oxazole rings is 1. The van der Waals surface area contributed by atoms with Crippen molar-refractivity contribution >= 4 is 44.5 Å². The van der Waals surface area contributed by atoms with Crippen molar-refractivity contribution in [2.45, 2.75) is 17.0 Å². The number of benzene rings is 3. The van der Waals surface area contributed by atoms with Gasteiger partial charge in [-0.3, -0.25) is 15.0 Å².